The number of carbonyl (C=O) groups excluding carboxylic acids is 1. The molecule has 22 heavy (non-hydrogen) atoms. The summed E-state index contributed by atoms with van der Waals surface area (Å²) < 4.78 is 5.62. The van der Waals surface area contributed by atoms with Crippen molar-refractivity contribution in [1.29, 1.82) is 0 Å². The first-order valence-corrected chi connectivity index (χ1v) is 7.51. The van der Waals surface area contributed by atoms with E-state index in [0.717, 1.165) is 25.9 Å². The summed E-state index contributed by atoms with van der Waals surface area (Å²) in [6, 6.07) is 10.6. The molecule has 1 aromatic carbocycles. The van der Waals surface area contributed by atoms with Crippen LogP contribution in [0.4, 0.5) is 5.69 Å². The van der Waals surface area contributed by atoms with Crippen LogP contribution in [0.1, 0.15) is 29.6 Å². The van der Waals surface area contributed by atoms with Crippen LogP contribution < -0.4 is 10.5 Å². The summed E-state index contributed by atoms with van der Waals surface area (Å²) in [5, 5.41) is 0. The summed E-state index contributed by atoms with van der Waals surface area (Å²) in [6.45, 7) is 1.71. The van der Waals surface area contributed by atoms with Crippen LogP contribution in [0.15, 0.2) is 42.6 Å². The van der Waals surface area contributed by atoms with Gasteiger partial charge in [0.25, 0.3) is 5.91 Å². The predicted molar refractivity (Wildman–Crippen MR) is 84.9 cm³/mol. The number of anilines is 1. The molecule has 1 aliphatic rings. The maximum Gasteiger partial charge on any atom is 0.253 e. The highest BCUT2D eigenvalue weighted by Gasteiger charge is 2.17. The van der Waals surface area contributed by atoms with Crippen molar-refractivity contribution in [2.24, 2.45) is 0 Å². The quantitative estimate of drug-likeness (QED) is 0.945. The Hall–Kier alpha value is -2.56. The van der Waals surface area contributed by atoms with E-state index >= 15 is 0 Å². The summed E-state index contributed by atoms with van der Waals surface area (Å²) in [6.07, 6.45) is 4.94. The highest BCUT2D eigenvalue weighted by molar-refractivity contribution is 5.94. The fraction of sp³-hybridized carbons (Fsp3) is 0.294. The average molecular weight is 297 g/mol. The number of pyridine rings is 1. The maximum absolute atomic E-state index is 12.4. The zero-order valence-electron chi connectivity index (χ0n) is 12.4. The van der Waals surface area contributed by atoms with E-state index in [9.17, 15) is 4.79 Å². The number of amides is 1. The monoisotopic (exact) mass is 297 g/mol. The molecule has 0 aliphatic carbocycles. The number of nitrogens with two attached hydrogens (primary N) is 1. The summed E-state index contributed by atoms with van der Waals surface area (Å²) in [7, 11) is 0. The molecule has 1 saturated heterocycles. The average Bonchev–Trinajstić information content (AvgIpc) is 2.58. The van der Waals surface area contributed by atoms with Crippen LogP contribution in [0, 0.1) is 0 Å². The van der Waals surface area contributed by atoms with Crippen molar-refractivity contribution in [3.63, 3.8) is 0 Å². The lowest BCUT2D eigenvalue weighted by molar-refractivity contribution is 0.0724. The van der Waals surface area contributed by atoms with Gasteiger partial charge < -0.3 is 15.4 Å². The molecule has 2 N–H and O–H groups in total. The third kappa shape index (κ3) is 3.36. The molecular weight excluding hydrogens is 278 g/mol. The summed E-state index contributed by atoms with van der Waals surface area (Å²) in [4.78, 5) is 18.4. The fourth-order valence-electron chi connectivity index (χ4n) is 2.52. The minimum Gasteiger partial charge on any atom is -0.439 e. The summed E-state index contributed by atoms with van der Waals surface area (Å²) >= 11 is 0. The van der Waals surface area contributed by atoms with Crippen molar-refractivity contribution in [2.45, 2.75) is 19.3 Å². The zero-order chi connectivity index (χ0) is 15.4. The van der Waals surface area contributed by atoms with Gasteiger partial charge in [0, 0.05) is 24.7 Å². The number of ether oxygens (including phenoxy) is 1. The van der Waals surface area contributed by atoms with Crippen molar-refractivity contribution >= 4 is 11.6 Å². The molecule has 1 amide bonds. The largest absolute Gasteiger partial charge is 0.439 e. The molecule has 0 spiro atoms. The van der Waals surface area contributed by atoms with Crippen LogP contribution in [-0.2, 0) is 0 Å². The first-order valence-electron chi connectivity index (χ1n) is 7.51. The van der Waals surface area contributed by atoms with Gasteiger partial charge in [-0.25, -0.2) is 4.98 Å². The van der Waals surface area contributed by atoms with Gasteiger partial charge in [-0.15, -0.1) is 0 Å². The fourth-order valence-corrected chi connectivity index (χ4v) is 2.52. The molecule has 0 bridgehead atoms. The molecule has 0 radical (unpaired) electrons. The third-order valence-corrected chi connectivity index (χ3v) is 3.73. The molecule has 0 atom stereocenters. The third-order valence-electron chi connectivity index (χ3n) is 3.73. The van der Waals surface area contributed by atoms with Crippen molar-refractivity contribution in [1.82, 2.24) is 9.88 Å². The van der Waals surface area contributed by atoms with Gasteiger partial charge in [0.1, 0.15) is 5.75 Å². The Morgan fingerprint density at radius 1 is 1.05 bits per heavy atom. The number of rotatable bonds is 3. The van der Waals surface area contributed by atoms with E-state index in [2.05, 4.69) is 4.98 Å². The van der Waals surface area contributed by atoms with Crippen LogP contribution in [-0.4, -0.2) is 28.9 Å². The number of likely N-dealkylation sites (tertiary alicyclic amines) is 1. The number of nitrogen functional groups attached to an aromatic ring is 1. The molecule has 1 fully saturated rings. The van der Waals surface area contributed by atoms with Crippen molar-refractivity contribution in [2.75, 3.05) is 18.8 Å². The van der Waals surface area contributed by atoms with Gasteiger partial charge >= 0.3 is 0 Å². The second kappa shape index (κ2) is 6.47. The summed E-state index contributed by atoms with van der Waals surface area (Å²) in [5.74, 6) is 1.22. The lowest BCUT2D eigenvalue weighted by Crippen LogP contribution is -2.35. The van der Waals surface area contributed by atoms with Crippen molar-refractivity contribution in [3.8, 4) is 11.6 Å². The zero-order valence-corrected chi connectivity index (χ0v) is 12.4. The van der Waals surface area contributed by atoms with Crippen molar-refractivity contribution in [3.05, 3.63) is 48.2 Å². The van der Waals surface area contributed by atoms with Gasteiger partial charge in [-0.3, -0.25) is 4.79 Å². The molecule has 114 valence electrons. The van der Waals surface area contributed by atoms with Gasteiger partial charge in [-0.05, 0) is 49.6 Å². The number of hydrogen-bond acceptors (Lipinski definition) is 4. The molecule has 0 saturated carbocycles. The number of carbonyl (C=O) groups is 1. The first-order chi connectivity index (χ1) is 10.7. The van der Waals surface area contributed by atoms with Gasteiger partial charge in [0.2, 0.25) is 5.88 Å². The lowest BCUT2D eigenvalue weighted by atomic mass is 10.1. The SMILES string of the molecule is Nc1ccc(Oc2ccc(C(=O)N3CCCCC3)cc2)nc1. The second-order valence-electron chi connectivity index (χ2n) is 5.41. The van der Waals surface area contributed by atoms with Gasteiger partial charge in [0.15, 0.2) is 0 Å². The highest BCUT2D eigenvalue weighted by Crippen LogP contribution is 2.21. The maximum atomic E-state index is 12.4. The van der Waals surface area contributed by atoms with E-state index in [4.69, 9.17) is 10.5 Å². The first kappa shape index (κ1) is 14.4. The van der Waals surface area contributed by atoms with E-state index in [1.54, 1.807) is 42.6 Å². The van der Waals surface area contributed by atoms with Gasteiger partial charge in [-0.2, -0.15) is 0 Å². The molecule has 5 heteroatoms. The Labute approximate surface area is 129 Å². The van der Waals surface area contributed by atoms with Crippen molar-refractivity contribution < 1.29 is 9.53 Å². The minimum atomic E-state index is 0.0943. The standard InChI is InChI=1S/C17H19N3O2/c18-14-6-9-16(19-12-14)22-15-7-4-13(5-8-15)17(21)20-10-2-1-3-11-20/h4-9,12H,1-3,10-11,18H2. The smallest absolute Gasteiger partial charge is 0.253 e. The van der Waals surface area contributed by atoms with Gasteiger partial charge in [0.05, 0.1) is 11.9 Å². The molecule has 2 aromatic rings. The number of piperidine rings is 1. The van der Waals surface area contributed by atoms with Crippen LogP contribution >= 0.6 is 0 Å². The van der Waals surface area contributed by atoms with Crippen LogP contribution in [0.3, 0.4) is 0 Å². The molecule has 2 heterocycles. The number of aromatic nitrogens is 1. The molecular formula is C17H19N3O2. The minimum absolute atomic E-state index is 0.0943. The normalized spacial score (nSPS) is 14.6. The number of nitrogens with zero attached hydrogens (tertiary/aromatic N) is 2. The van der Waals surface area contributed by atoms with Gasteiger partial charge in [-0.1, -0.05) is 0 Å². The summed E-state index contributed by atoms with van der Waals surface area (Å²) in [5.41, 5.74) is 6.87. The Morgan fingerprint density at radius 2 is 1.77 bits per heavy atom. The number of hydrogen-bond donors (Lipinski definition) is 1. The number of benzene rings is 1. The molecule has 0 unspecified atom stereocenters. The van der Waals surface area contributed by atoms with Crippen LogP contribution in [0.2, 0.25) is 0 Å². The van der Waals surface area contributed by atoms with E-state index in [1.165, 1.54) is 6.42 Å². The Balaban J connectivity index is 1.66. The van der Waals surface area contributed by atoms with E-state index in [0.29, 0.717) is 22.9 Å². The topological polar surface area (TPSA) is 68.5 Å². The molecule has 3 rings (SSSR count). The van der Waals surface area contributed by atoms with Crippen LogP contribution in [0.25, 0.3) is 0 Å². The van der Waals surface area contributed by atoms with E-state index in [1.807, 2.05) is 4.90 Å². The predicted octanol–water partition coefficient (Wildman–Crippen LogP) is 3.08. The lowest BCUT2D eigenvalue weighted by Gasteiger charge is -2.26. The highest BCUT2D eigenvalue weighted by atomic mass is 16.5. The molecule has 1 aromatic heterocycles. The van der Waals surface area contributed by atoms with E-state index in [-0.39, 0.29) is 5.91 Å². The Kier molecular flexibility index (Phi) is 4.23. The molecule has 1 aliphatic heterocycles. The Morgan fingerprint density at radius 3 is 2.41 bits per heavy atom. The van der Waals surface area contributed by atoms with E-state index < -0.39 is 0 Å². The van der Waals surface area contributed by atoms with Crippen LogP contribution in [0.5, 0.6) is 11.6 Å². The second-order valence-corrected chi connectivity index (χ2v) is 5.41. The molecule has 5 nitrogen and oxygen atoms in total. The Bertz CT molecular complexity index is 632.